The van der Waals surface area contributed by atoms with E-state index in [-0.39, 0.29) is 16.9 Å². The van der Waals surface area contributed by atoms with Gasteiger partial charge in [0.15, 0.2) is 23.2 Å². The summed E-state index contributed by atoms with van der Waals surface area (Å²) in [5, 5.41) is 103. The Balaban J connectivity index is 1.59. The smallest absolute Gasteiger partial charge is 0.197 e. The fourth-order valence-corrected chi connectivity index (χ4v) is 5.16. The van der Waals surface area contributed by atoms with Gasteiger partial charge < -0.3 is 69.7 Å². The van der Waals surface area contributed by atoms with E-state index < -0.39 is 107 Å². The largest absolute Gasteiger partial charge is 0.507 e. The normalized spacial score (nSPS) is 33.6. The van der Waals surface area contributed by atoms with Crippen LogP contribution < -0.4 is 5.43 Å². The molecule has 0 radical (unpaired) electrons. The Morgan fingerprint density at radius 2 is 1.52 bits per heavy atom. The van der Waals surface area contributed by atoms with E-state index in [9.17, 15) is 55.9 Å². The predicted molar refractivity (Wildman–Crippen MR) is 139 cm³/mol. The second-order valence-electron chi connectivity index (χ2n) is 10.3. The van der Waals surface area contributed by atoms with Crippen molar-refractivity contribution in [1.29, 1.82) is 0 Å². The van der Waals surface area contributed by atoms with Gasteiger partial charge in [-0.25, -0.2) is 0 Å². The molecule has 2 aliphatic heterocycles. The van der Waals surface area contributed by atoms with Crippen LogP contribution in [-0.2, 0) is 14.2 Å². The van der Waals surface area contributed by atoms with Crippen LogP contribution in [-0.4, -0.2) is 113 Å². The molecule has 0 bridgehead atoms. The molecule has 0 amide bonds. The maximum Gasteiger partial charge on any atom is 0.197 e. The SMILES string of the molecule is C[C@@H]1O[C@@H](O[C@@H]2[C@@H](O)[C@H](O)[C@@H](CO)O[C@H]2c2c(O)cc3oc(-c4ccc(O)c(O)c4)cc(=O)c3c2O)[C@H](O)[C@H](O)[C@H]1O. The minimum atomic E-state index is -1.88. The Labute approximate surface area is 236 Å². The van der Waals surface area contributed by atoms with E-state index in [4.69, 9.17) is 18.6 Å². The van der Waals surface area contributed by atoms with Gasteiger partial charge in [-0.3, -0.25) is 4.79 Å². The molecule has 2 saturated heterocycles. The summed E-state index contributed by atoms with van der Waals surface area (Å²) in [5.41, 5.74) is -1.42. The van der Waals surface area contributed by atoms with Gasteiger partial charge >= 0.3 is 0 Å². The summed E-state index contributed by atoms with van der Waals surface area (Å²) in [7, 11) is 0. The molecule has 0 unspecified atom stereocenters. The summed E-state index contributed by atoms with van der Waals surface area (Å²) < 4.78 is 22.5. The minimum absolute atomic E-state index is 0.0818. The molecule has 15 heteroatoms. The number of hydrogen-bond donors (Lipinski definition) is 10. The molecule has 2 aromatic carbocycles. The van der Waals surface area contributed by atoms with Crippen LogP contribution in [0.5, 0.6) is 23.0 Å². The zero-order chi connectivity index (χ0) is 30.6. The van der Waals surface area contributed by atoms with Crippen LogP contribution in [0.2, 0.25) is 0 Å². The third-order valence-electron chi connectivity index (χ3n) is 7.52. The van der Waals surface area contributed by atoms with Crippen molar-refractivity contribution < 1.29 is 69.7 Å². The average Bonchev–Trinajstić information content (AvgIpc) is 2.94. The Morgan fingerprint density at radius 3 is 2.19 bits per heavy atom. The summed E-state index contributed by atoms with van der Waals surface area (Å²) in [6, 6.07) is 5.60. The van der Waals surface area contributed by atoms with Crippen molar-refractivity contribution in [1.82, 2.24) is 0 Å². The van der Waals surface area contributed by atoms with Crippen LogP contribution in [0, 0.1) is 0 Å². The summed E-state index contributed by atoms with van der Waals surface area (Å²) in [6.07, 6.45) is -16.3. The summed E-state index contributed by atoms with van der Waals surface area (Å²) in [5.74, 6) is -2.56. The highest BCUT2D eigenvalue weighted by Crippen LogP contribution is 2.46. The van der Waals surface area contributed by atoms with Crippen LogP contribution in [0.4, 0.5) is 0 Å². The lowest BCUT2D eigenvalue weighted by Crippen LogP contribution is -2.61. The number of aliphatic hydroxyl groups is 6. The number of hydrogen-bond acceptors (Lipinski definition) is 15. The topological polar surface area (TPSA) is 260 Å². The second-order valence-corrected chi connectivity index (χ2v) is 10.3. The molecule has 0 spiro atoms. The maximum absolute atomic E-state index is 13.2. The lowest BCUT2D eigenvalue weighted by Gasteiger charge is -2.46. The highest BCUT2D eigenvalue weighted by Gasteiger charge is 2.51. The highest BCUT2D eigenvalue weighted by atomic mass is 16.7. The van der Waals surface area contributed by atoms with Gasteiger partial charge in [-0.2, -0.15) is 0 Å². The molecule has 10 atom stereocenters. The lowest BCUT2D eigenvalue weighted by atomic mass is 9.89. The molecular formula is C27H30O15. The molecule has 5 rings (SSSR count). The summed E-state index contributed by atoms with van der Waals surface area (Å²) >= 11 is 0. The van der Waals surface area contributed by atoms with E-state index >= 15 is 0 Å². The fourth-order valence-electron chi connectivity index (χ4n) is 5.16. The molecule has 2 fully saturated rings. The van der Waals surface area contributed by atoms with Crippen molar-refractivity contribution in [2.24, 2.45) is 0 Å². The highest BCUT2D eigenvalue weighted by molar-refractivity contribution is 5.88. The van der Waals surface area contributed by atoms with Gasteiger partial charge in [0.1, 0.15) is 77.1 Å². The van der Waals surface area contributed by atoms with E-state index in [1.807, 2.05) is 0 Å². The standard InChI is InChI=1S/C27H30O15/c1-8-19(33)22(36)24(38)27(39-8)42-26-23(37)20(34)16(7-28)41-25(26)18-13(32)6-15-17(21(18)35)12(31)5-14(40-15)9-2-3-10(29)11(30)4-9/h2-6,8,16,19-20,22-30,32-38H,7H2,1H3/t8-,16+,19-,20+,22+,23-,24+,25-,26+,27-/m0/s1. The van der Waals surface area contributed by atoms with Gasteiger partial charge in [-0.05, 0) is 25.1 Å². The summed E-state index contributed by atoms with van der Waals surface area (Å²) in [4.78, 5) is 13.2. The zero-order valence-electron chi connectivity index (χ0n) is 21.9. The van der Waals surface area contributed by atoms with Crippen molar-refractivity contribution in [3.63, 3.8) is 0 Å². The lowest BCUT2D eigenvalue weighted by molar-refractivity contribution is -0.338. The number of phenolic OH excluding ortho intramolecular Hbond substituents is 4. The van der Waals surface area contributed by atoms with Gasteiger partial charge in [0.25, 0.3) is 0 Å². The maximum atomic E-state index is 13.2. The Bertz CT molecular complexity index is 1520. The number of aromatic hydroxyl groups is 4. The first-order valence-corrected chi connectivity index (χ1v) is 12.9. The van der Waals surface area contributed by atoms with Crippen molar-refractivity contribution in [2.75, 3.05) is 6.61 Å². The van der Waals surface area contributed by atoms with Crippen LogP contribution in [0.25, 0.3) is 22.3 Å². The number of benzene rings is 2. The van der Waals surface area contributed by atoms with E-state index in [0.717, 1.165) is 24.3 Å². The molecule has 15 nitrogen and oxygen atoms in total. The van der Waals surface area contributed by atoms with E-state index in [0.29, 0.717) is 0 Å². The molecule has 2 aliphatic rings. The summed E-state index contributed by atoms with van der Waals surface area (Å²) in [6.45, 7) is 0.568. The van der Waals surface area contributed by atoms with E-state index in [2.05, 4.69) is 0 Å². The van der Waals surface area contributed by atoms with Gasteiger partial charge in [0.05, 0.1) is 18.3 Å². The van der Waals surface area contributed by atoms with Gasteiger partial charge in [0.2, 0.25) is 0 Å². The Kier molecular flexibility index (Phi) is 8.06. The molecule has 228 valence electrons. The van der Waals surface area contributed by atoms with Crippen LogP contribution in [0.15, 0.2) is 39.5 Å². The van der Waals surface area contributed by atoms with Crippen molar-refractivity contribution >= 4 is 11.0 Å². The monoisotopic (exact) mass is 594 g/mol. The molecule has 1 aromatic heterocycles. The van der Waals surface area contributed by atoms with E-state index in [1.54, 1.807) is 0 Å². The van der Waals surface area contributed by atoms with Crippen LogP contribution >= 0.6 is 0 Å². The Hall–Kier alpha value is -3.51. The minimum Gasteiger partial charge on any atom is -0.507 e. The third kappa shape index (κ3) is 5.04. The molecule has 3 aromatic rings. The van der Waals surface area contributed by atoms with Crippen molar-refractivity contribution in [2.45, 2.75) is 68.1 Å². The first kappa shape index (κ1) is 30.0. The molecule has 0 saturated carbocycles. The molecule has 3 heterocycles. The number of rotatable bonds is 5. The van der Waals surface area contributed by atoms with Crippen LogP contribution in [0.1, 0.15) is 18.6 Å². The predicted octanol–water partition coefficient (Wildman–Crippen LogP) is -1.35. The van der Waals surface area contributed by atoms with Crippen molar-refractivity contribution in [3.8, 4) is 34.3 Å². The first-order chi connectivity index (χ1) is 19.8. The quantitative estimate of drug-likeness (QED) is 0.153. The van der Waals surface area contributed by atoms with Crippen LogP contribution in [0.3, 0.4) is 0 Å². The van der Waals surface area contributed by atoms with Gasteiger partial charge in [-0.15, -0.1) is 0 Å². The average molecular weight is 595 g/mol. The molecule has 42 heavy (non-hydrogen) atoms. The molecular weight excluding hydrogens is 564 g/mol. The molecule has 0 aliphatic carbocycles. The van der Waals surface area contributed by atoms with E-state index in [1.165, 1.54) is 13.0 Å². The second kappa shape index (κ2) is 11.3. The Morgan fingerprint density at radius 1 is 0.810 bits per heavy atom. The van der Waals surface area contributed by atoms with Gasteiger partial charge in [0, 0.05) is 17.7 Å². The molecule has 10 N–H and O–H groups in total. The number of aliphatic hydroxyl groups excluding tert-OH is 6. The third-order valence-corrected chi connectivity index (χ3v) is 7.52. The fraction of sp³-hybridized carbons (Fsp3) is 0.444. The number of fused-ring (bicyclic) bond motifs is 1. The number of ether oxygens (including phenoxy) is 3. The van der Waals surface area contributed by atoms with Crippen molar-refractivity contribution in [3.05, 3.63) is 46.1 Å². The first-order valence-electron chi connectivity index (χ1n) is 12.9. The number of phenols is 4. The zero-order valence-corrected chi connectivity index (χ0v) is 21.9. The van der Waals surface area contributed by atoms with Gasteiger partial charge in [-0.1, -0.05) is 0 Å².